The predicted octanol–water partition coefficient (Wildman–Crippen LogP) is 2.97. The molecule has 9 heteroatoms. The minimum Gasteiger partial charge on any atom is -0.493 e. The number of benzene rings is 1. The van der Waals surface area contributed by atoms with Crippen molar-refractivity contribution in [3.63, 3.8) is 0 Å². The molecule has 26 heavy (non-hydrogen) atoms. The van der Waals surface area contributed by atoms with Crippen molar-refractivity contribution < 1.29 is 32.2 Å². The monoisotopic (exact) mass is 370 g/mol. The Morgan fingerprint density at radius 3 is 2.58 bits per heavy atom. The Balaban J connectivity index is 2.11. The van der Waals surface area contributed by atoms with Gasteiger partial charge in [0.2, 0.25) is 5.88 Å². The van der Waals surface area contributed by atoms with Crippen LogP contribution in [-0.2, 0) is 6.54 Å². The molecule has 0 atom stereocenters. The van der Waals surface area contributed by atoms with Gasteiger partial charge in [-0.2, -0.15) is 13.2 Å². The Hall–Kier alpha value is -2.97. The van der Waals surface area contributed by atoms with Gasteiger partial charge in [-0.3, -0.25) is 4.79 Å². The van der Waals surface area contributed by atoms with E-state index in [-0.39, 0.29) is 23.7 Å². The average molecular weight is 370 g/mol. The Labute approximate surface area is 147 Å². The highest BCUT2D eigenvalue weighted by Gasteiger charge is 2.29. The highest BCUT2D eigenvalue weighted by atomic mass is 19.4. The Morgan fingerprint density at radius 2 is 1.92 bits per heavy atom. The zero-order chi connectivity index (χ0) is 19.2. The van der Waals surface area contributed by atoms with Crippen molar-refractivity contribution in [1.82, 2.24) is 10.3 Å². The summed E-state index contributed by atoms with van der Waals surface area (Å²) in [6.07, 6.45) is -3.17. The lowest BCUT2D eigenvalue weighted by molar-refractivity contribution is -0.154. The van der Waals surface area contributed by atoms with Gasteiger partial charge in [0.1, 0.15) is 0 Å². The van der Waals surface area contributed by atoms with Gasteiger partial charge >= 0.3 is 6.18 Å². The summed E-state index contributed by atoms with van der Waals surface area (Å²) in [4.78, 5) is 16.2. The number of nitrogens with zero attached hydrogens (tertiary/aromatic N) is 1. The molecule has 0 saturated carbocycles. The maximum atomic E-state index is 12.4. The minimum atomic E-state index is -4.48. The molecule has 1 aromatic heterocycles. The van der Waals surface area contributed by atoms with Crippen molar-refractivity contribution in [1.29, 1.82) is 0 Å². The van der Waals surface area contributed by atoms with Gasteiger partial charge in [-0.15, -0.1) is 0 Å². The molecule has 2 aromatic rings. The van der Waals surface area contributed by atoms with Gasteiger partial charge < -0.3 is 19.5 Å². The summed E-state index contributed by atoms with van der Waals surface area (Å²) in [5.41, 5.74) is 0.542. The topological polar surface area (TPSA) is 69.7 Å². The summed E-state index contributed by atoms with van der Waals surface area (Å²) in [7, 11) is 2.85. The molecule has 6 nitrogen and oxygen atoms in total. The fourth-order valence-corrected chi connectivity index (χ4v) is 2.18. The zero-order valence-corrected chi connectivity index (χ0v) is 14.1. The summed E-state index contributed by atoms with van der Waals surface area (Å²) in [5, 5.41) is 2.60. The zero-order valence-electron chi connectivity index (χ0n) is 14.1. The van der Waals surface area contributed by atoms with E-state index >= 15 is 0 Å². The largest absolute Gasteiger partial charge is 0.493 e. The number of methoxy groups -OCH3 is 2. The van der Waals surface area contributed by atoms with Crippen molar-refractivity contribution in [3.05, 3.63) is 47.7 Å². The van der Waals surface area contributed by atoms with Crippen molar-refractivity contribution in [2.24, 2.45) is 0 Å². The number of rotatable bonds is 7. The number of amides is 1. The fraction of sp³-hybridized carbons (Fsp3) is 0.294. The number of para-hydroxylation sites is 1. The minimum absolute atomic E-state index is 0.0692. The number of pyridine rings is 1. The molecule has 2 rings (SSSR count). The summed E-state index contributed by atoms with van der Waals surface area (Å²) >= 11 is 0. The maximum absolute atomic E-state index is 12.4. The third-order valence-electron chi connectivity index (χ3n) is 3.31. The first-order valence-electron chi connectivity index (χ1n) is 7.48. The third-order valence-corrected chi connectivity index (χ3v) is 3.31. The summed E-state index contributed by atoms with van der Waals surface area (Å²) in [5.74, 6) is -0.0305. The molecule has 140 valence electrons. The fourth-order valence-electron chi connectivity index (χ4n) is 2.18. The summed E-state index contributed by atoms with van der Waals surface area (Å²) in [6, 6.07) is 7.86. The van der Waals surface area contributed by atoms with Crippen LogP contribution in [0.2, 0.25) is 0 Å². The van der Waals surface area contributed by atoms with E-state index in [4.69, 9.17) is 9.47 Å². The van der Waals surface area contributed by atoms with E-state index in [1.807, 2.05) is 0 Å². The third kappa shape index (κ3) is 5.01. The number of alkyl halides is 3. The van der Waals surface area contributed by atoms with E-state index in [1.54, 1.807) is 18.2 Å². The van der Waals surface area contributed by atoms with Crippen LogP contribution in [-0.4, -0.2) is 37.9 Å². The van der Waals surface area contributed by atoms with Crippen LogP contribution in [0.5, 0.6) is 17.4 Å². The first kappa shape index (κ1) is 19.4. The number of carbonyl (C=O) groups is 1. The Morgan fingerprint density at radius 1 is 1.15 bits per heavy atom. The predicted molar refractivity (Wildman–Crippen MR) is 86.5 cm³/mol. The van der Waals surface area contributed by atoms with Crippen LogP contribution in [0.25, 0.3) is 0 Å². The van der Waals surface area contributed by atoms with Crippen LogP contribution < -0.4 is 19.5 Å². The summed E-state index contributed by atoms with van der Waals surface area (Å²) in [6.45, 7) is -1.53. The van der Waals surface area contributed by atoms with Crippen molar-refractivity contribution in [3.8, 4) is 17.4 Å². The Kier molecular flexibility index (Phi) is 6.26. The van der Waals surface area contributed by atoms with E-state index in [0.717, 1.165) is 0 Å². The molecule has 0 spiro atoms. The molecule has 1 aromatic carbocycles. The molecule has 0 bridgehead atoms. The molecule has 0 fully saturated rings. The number of halogens is 3. The second-order valence-electron chi connectivity index (χ2n) is 5.10. The SMILES string of the molecule is COc1cccc(C(=O)NCc2cccnc2OCC(F)(F)F)c1OC. The molecular weight excluding hydrogens is 353 g/mol. The first-order valence-corrected chi connectivity index (χ1v) is 7.48. The average Bonchev–Trinajstić information content (AvgIpc) is 2.63. The lowest BCUT2D eigenvalue weighted by Gasteiger charge is -2.14. The quantitative estimate of drug-likeness (QED) is 0.812. The van der Waals surface area contributed by atoms with Crippen LogP contribution in [0.4, 0.5) is 13.2 Å². The van der Waals surface area contributed by atoms with Crippen LogP contribution in [0.15, 0.2) is 36.5 Å². The molecule has 1 N–H and O–H groups in total. The van der Waals surface area contributed by atoms with Gasteiger partial charge in [0.25, 0.3) is 5.91 Å². The number of hydrogen-bond donors (Lipinski definition) is 1. The number of aromatic nitrogens is 1. The molecule has 0 unspecified atom stereocenters. The van der Waals surface area contributed by atoms with Crippen molar-refractivity contribution in [2.45, 2.75) is 12.7 Å². The van der Waals surface area contributed by atoms with Crippen LogP contribution in [0.3, 0.4) is 0 Å². The second-order valence-corrected chi connectivity index (χ2v) is 5.10. The molecule has 0 aliphatic carbocycles. The molecular formula is C17H17F3N2O4. The van der Waals surface area contributed by atoms with E-state index in [2.05, 4.69) is 15.0 Å². The number of ether oxygens (including phenoxy) is 3. The molecule has 1 amide bonds. The normalized spacial score (nSPS) is 11.0. The van der Waals surface area contributed by atoms with Crippen molar-refractivity contribution in [2.75, 3.05) is 20.8 Å². The summed E-state index contributed by atoms with van der Waals surface area (Å²) < 4.78 is 52.0. The van der Waals surface area contributed by atoms with E-state index in [0.29, 0.717) is 11.3 Å². The van der Waals surface area contributed by atoms with Gasteiger partial charge in [-0.05, 0) is 18.2 Å². The molecule has 0 saturated heterocycles. The van der Waals surface area contributed by atoms with Crippen LogP contribution in [0.1, 0.15) is 15.9 Å². The van der Waals surface area contributed by atoms with Gasteiger partial charge in [0.15, 0.2) is 18.1 Å². The van der Waals surface area contributed by atoms with Gasteiger partial charge in [0, 0.05) is 18.3 Å². The first-order chi connectivity index (χ1) is 12.4. The maximum Gasteiger partial charge on any atom is 0.422 e. The molecule has 1 heterocycles. The van der Waals surface area contributed by atoms with E-state index in [9.17, 15) is 18.0 Å². The standard InChI is InChI=1S/C17H17F3N2O4/c1-24-13-7-3-6-12(14(13)25-2)15(23)22-9-11-5-4-8-21-16(11)26-10-17(18,19)20/h3-8H,9-10H2,1-2H3,(H,22,23). The van der Waals surface area contributed by atoms with Crippen LogP contribution >= 0.6 is 0 Å². The number of hydrogen-bond acceptors (Lipinski definition) is 5. The lowest BCUT2D eigenvalue weighted by Crippen LogP contribution is -2.25. The number of nitrogens with one attached hydrogen (secondary N) is 1. The molecule has 0 radical (unpaired) electrons. The molecule has 0 aliphatic rings. The second kappa shape index (κ2) is 8.41. The highest BCUT2D eigenvalue weighted by Crippen LogP contribution is 2.30. The van der Waals surface area contributed by atoms with E-state index in [1.165, 1.54) is 32.5 Å². The van der Waals surface area contributed by atoms with Crippen LogP contribution in [0, 0.1) is 0 Å². The smallest absolute Gasteiger partial charge is 0.422 e. The highest BCUT2D eigenvalue weighted by molar-refractivity contribution is 5.97. The van der Waals surface area contributed by atoms with Gasteiger partial charge in [-0.1, -0.05) is 12.1 Å². The van der Waals surface area contributed by atoms with E-state index < -0.39 is 18.7 Å². The Bertz CT molecular complexity index is 766. The number of carbonyl (C=O) groups excluding carboxylic acids is 1. The molecule has 0 aliphatic heterocycles. The lowest BCUT2D eigenvalue weighted by atomic mass is 10.1. The van der Waals surface area contributed by atoms with Gasteiger partial charge in [-0.25, -0.2) is 4.98 Å². The van der Waals surface area contributed by atoms with Crippen molar-refractivity contribution >= 4 is 5.91 Å². The van der Waals surface area contributed by atoms with Gasteiger partial charge in [0.05, 0.1) is 19.8 Å².